The Morgan fingerprint density at radius 2 is 1.91 bits per heavy atom. The molecular weight excluding hydrogens is 266 g/mol. The van der Waals surface area contributed by atoms with Crippen molar-refractivity contribution in [3.05, 3.63) is 12.7 Å². The molecule has 0 aromatic carbocycles. The smallest absolute Gasteiger partial charge is 0.0126 e. The maximum Gasteiger partial charge on any atom is 0.0126 e. The summed E-state index contributed by atoms with van der Waals surface area (Å²) in [6.45, 7) is 10.6. The molecule has 4 fully saturated rings. The molecule has 4 aliphatic rings. The Kier molecular flexibility index (Phi) is 3.72. The van der Waals surface area contributed by atoms with Crippen molar-refractivity contribution in [3.8, 4) is 0 Å². The Labute approximate surface area is 137 Å². The van der Waals surface area contributed by atoms with Gasteiger partial charge in [0.15, 0.2) is 0 Å². The van der Waals surface area contributed by atoms with Crippen LogP contribution in [0, 0.1) is 34.5 Å². The van der Waals surface area contributed by atoms with Gasteiger partial charge >= 0.3 is 0 Å². The van der Waals surface area contributed by atoms with Crippen molar-refractivity contribution in [3.63, 3.8) is 0 Å². The van der Waals surface area contributed by atoms with Gasteiger partial charge in [0.05, 0.1) is 0 Å². The first-order chi connectivity index (χ1) is 10.6. The molecule has 0 spiro atoms. The Bertz CT molecular complexity index is 443. The van der Waals surface area contributed by atoms with Gasteiger partial charge in [-0.1, -0.05) is 26.3 Å². The zero-order valence-electron chi connectivity index (χ0n) is 14.7. The third-order valence-corrected chi connectivity index (χ3v) is 8.77. The van der Waals surface area contributed by atoms with Gasteiger partial charge in [-0.15, -0.1) is 6.58 Å². The predicted octanol–water partition coefficient (Wildman–Crippen LogP) is 5.17. The van der Waals surface area contributed by atoms with Gasteiger partial charge in [-0.25, -0.2) is 0 Å². The Morgan fingerprint density at radius 1 is 1.05 bits per heavy atom. The Hall–Kier alpha value is -0.300. The minimum atomic E-state index is 0.527. The summed E-state index contributed by atoms with van der Waals surface area (Å²) in [5.41, 5.74) is 1.22. The number of nitrogens with one attached hydrogen (secondary N) is 1. The summed E-state index contributed by atoms with van der Waals surface area (Å²) in [6, 6.07) is 0.776. The van der Waals surface area contributed by atoms with Crippen molar-refractivity contribution < 1.29 is 0 Å². The molecule has 1 N–H and O–H groups in total. The van der Waals surface area contributed by atoms with Gasteiger partial charge in [-0.2, -0.15) is 0 Å². The lowest BCUT2D eigenvalue weighted by Crippen LogP contribution is -2.62. The molecule has 0 amide bonds. The monoisotopic (exact) mass is 301 g/mol. The van der Waals surface area contributed by atoms with E-state index in [4.69, 9.17) is 0 Å². The number of piperidine rings is 1. The summed E-state index contributed by atoms with van der Waals surface area (Å²) in [5.74, 6) is 3.90. The SMILES string of the molecule is C=CCC1CCN[C@H]2CC[C@H]3[C@@H]4CCC[C@@]4(C)CC[C@@H]3[C@@]12C. The average Bonchev–Trinajstić information content (AvgIpc) is 2.90. The van der Waals surface area contributed by atoms with Gasteiger partial charge in [0, 0.05) is 6.04 Å². The average molecular weight is 302 g/mol. The van der Waals surface area contributed by atoms with Crippen LogP contribution in [-0.4, -0.2) is 12.6 Å². The molecule has 22 heavy (non-hydrogen) atoms. The summed E-state index contributed by atoms with van der Waals surface area (Å²) in [6.07, 6.45) is 15.3. The van der Waals surface area contributed by atoms with Crippen LogP contribution in [0.3, 0.4) is 0 Å². The molecule has 1 aliphatic heterocycles. The highest BCUT2D eigenvalue weighted by molar-refractivity contribution is 5.11. The van der Waals surface area contributed by atoms with Crippen LogP contribution in [0.2, 0.25) is 0 Å². The molecule has 1 unspecified atom stereocenters. The van der Waals surface area contributed by atoms with Crippen LogP contribution in [0.25, 0.3) is 0 Å². The Balaban J connectivity index is 1.66. The largest absolute Gasteiger partial charge is 0.313 e. The van der Waals surface area contributed by atoms with Crippen molar-refractivity contribution in [2.45, 2.75) is 77.7 Å². The summed E-state index contributed by atoms with van der Waals surface area (Å²) < 4.78 is 0. The summed E-state index contributed by atoms with van der Waals surface area (Å²) in [5, 5.41) is 3.92. The minimum absolute atomic E-state index is 0.527. The summed E-state index contributed by atoms with van der Waals surface area (Å²) in [7, 11) is 0. The number of hydrogen-bond donors (Lipinski definition) is 1. The van der Waals surface area contributed by atoms with Crippen LogP contribution in [0.4, 0.5) is 0 Å². The van der Waals surface area contributed by atoms with E-state index in [2.05, 4.69) is 31.8 Å². The maximum atomic E-state index is 4.07. The van der Waals surface area contributed by atoms with Crippen LogP contribution in [0.15, 0.2) is 12.7 Å². The molecule has 1 heteroatoms. The molecule has 0 aromatic rings. The Morgan fingerprint density at radius 3 is 2.73 bits per heavy atom. The topological polar surface area (TPSA) is 12.0 Å². The number of allylic oxidation sites excluding steroid dienone is 1. The maximum absolute atomic E-state index is 4.07. The molecule has 3 saturated carbocycles. The highest BCUT2D eigenvalue weighted by Crippen LogP contribution is 2.65. The standard InChI is InChI=1S/C21H35N/c1-4-6-15-11-14-22-19-9-8-16-17-7-5-12-20(17,2)13-10-18(16)21(15,19)3/h4,15-19,22H,1,5-14H2,2-3H3/t15?,16-,17-,18-,19-,20-,21+/m0/s1. The normalized spacial score (nSPS) is 54.2. The summed E-state index contributed by atoms with van der Waals surface area (Å²) >= 11 is 0. The molecule has 0 bridgehead atoms. The van der Waals surface area contributed by atoms with Crippen LogP contribution in [0.5, 0.6) is 0 Å². The first kappa shape index (κ1) is 15.2. The first-order valence-electron chi connectivity index (χ1n) is 9.94. The third kappa shape index (κ3) is 2.00. The van der Waals surface area contributed by atoms with Crippen LogP contribution in [0.1, 0.15) is 71.6 Å². The molecule has 124 valence electrons. The lowest BCUT2D eigenvalue weighted by Gasteiger charge is -2.62. The van der Waals surface area contributed by atoms with Gasteiger partial charge in [-0.05, 0) is 92.4 Å². The van der Waals surface area contributed by atoms with Crippen LogP contribution in [-0.2, 0) is 0 Å². The quantitative estimate of drug-likeness (QED) is 0.694. The van der Waals surface area contributed by atoms with E-state index in [1.165, 1.54) is 64.3 Å². The van der Waals surface area contributed by atoms with Crippen molar-refractivity contribution >= 4 is 0 Å². The molecular formula is C21H35N. The molecule has 0 aromatic heterocycles. The molecule has 1 heterocycles. The van der Waals surface area contributed by atoms with E-state index in [1.54, 1.807) is 0 Å². The highest BCUT2D eigenvalue weighted by atomic mass is 15.0. The number of hydrogen-bond acceptors (Lipinski definition) is 1. The van der Waals surface area contributed by atoms with E-state index in [1.807, 2.05) is 0 Å². The van der Waals surface area contributed by atoms with Crippen LogP contribution < -0.4 is 5.32 Å². The van der Waals surface area contributed by atoms with Gasteiger partial charge < -0.3 is 5.32 Å². The van der Waals surface area contributed by atoms with Crippen molar-refractivity contribution in [1.29, 1.82) is 0 Å². The lowest BCUT2D eigenvalue weighted by molar-refractivity contribution is -0.112. The molecule has 1 nitrogen and oxygen atoms in total. The first-order valence-corrected chi connectivity index (χ1v) is 9.94. The van der Waals surface area contributed by atoms with E-state index in [-0.39, 0.29) is 0 Å². The fourth-order valence-corrected chi connectivity index (χ4v) is 7.61. The highest BCUT2D eigenvalue weighted by Gasteiger charge is 2.59. The van der Waals surface area contributed by atoms with Gasteiger partial charge in [0.2, 0.25) is 0 Å². The third-order valence-electron chi connectivity index (χ3n) is 8.77. The van der Waals surface area contributed by atoms with Crippen molar-refractivity contribution in [2.24, 2.45) is 34.5 Å². The number of fused-ring (bicyclic) bond motifs is 5. The molecule has 3 aliphatic carbocycles. The van der Waals surface area contributed by atoms with E-state index >= 15 is 0 Å². The summed E-state index contributed by atoms with van der Waals surface area (Å²) in [4.78, 5) is 0. The fraction of sp³-hybridized carbons (Fsp3) is 0.905. The second kappa shape index (κ2) is 5.36. The second-order valence-corrected chi connectivity index (χ2v) is 9.42. The van der Waals surface area contributed by atoms with E-state index < -0.39 is 0 Å². The molecule has 1 saturated heterocycles. The molecule has 7 atom stereocenters. The van der Waals surface area contributed by atoms with E-state index in [0.717, 1.165) is 29.7 Å². The molecule has 4 rings (SSSR count). The van der Waals surface area contributed by atoms with Gasteiger partial charge in [-0.3, -0.25) is 0 Å². The zero-order valence-corrected chi connectivity index (χ0v) is 14.7. The molecule has 0 radical (unpaired) electrons. The van der Waals surface area contributed by atoms with Gasteiger partial charge in [0.1, 0.15) is 0 Å². The lowest BCUT2D eigenvalue weighted by atomic mass is 9.45. The van der Waals surface area contributed by atoms with Crippen molar-refractivity contribution in [2.75, 3.05) is 6.54 Å². The second-order valence-electron chi connectivity index (χ2n) is 9.42. The van der Waals surface area contributed by atoms with Crippen molar-refractivity contribution in [1.82, 2.24) is 5.32 Å². The van der Waals surface area contributed by atoms with E-state index in [9.17, 15) is 0 Å². The van der Waals surface area contributed by atoms with Crippen LogP contribution >= 0.6 is 0 Å². The fourth-order valence-electron chi connectivity index (χ4n) is 7.61. The zero-order chi connectivity index (χ0) is 15.4. The minimum Gasteiger partial charge on any atom is -0.313 e. The predicted molar refractivity (Wildman–Crippen MR) is 93.7 cm³/mol. The number of rotatable bonds is 2. The van der Waals surface area contributed by atoms with Gasteiger partial charge in [0.25, 0.3) is 0 Å². The van der Waals surface area contributed by atoms with E-state index in [0.29, 0.717) is 10.8 Å².